The molecule has 2 aliphatic rings. The summed E-state index contributed by atoms with van der Waals surface area (Å²) in [5, 5.41) is 11.7. The third-order valence-electron chi connectivity index (χ3n) is 4.87. The topological polar surface area (TPSA) is 78.9 Å². The zero-order chi connectivity index (χ0) is 14.4. The van der Waals surface area contributed by atoms with Gasteiger partial charge in [0, 0.05) is 25.4 Å². The number of likely N-dealkylation sites (tertiary alicyclic amines) is 1. The van der Waals surface area contributed by atoms with Crippen molar-refractivity contribution in [3.8, 4) is 0 Å². The molecule has 1 aliphatic carbocycles. The lowest BCUT2D eigenvalue weighted by atomic mass is 9.86. The van der Waals surface area contributed by atoms with E-state index in [4.69, 9.17) is 10.9 Å². The van der Waals surface area contributed by atoms with Crippen molar-refractivity contribution < 1.29 is 10.0 Å². The summed E-state index contributed by atoms with van der Waals surface area (Å²) in [4.78, 5) is 14.2. The Balaban J connectivity index is 1.69. The van der Waals surface area contributed by atoms with Crippen LogP contribution in [0.2, 0.25) is 0 Å². The highest BCUT2D eigenvalue weighted by molar-refractivity contribution is 5.83. The Morgan fingerprint density at radius 1 is 1.15 bits per heavy atom. The predicted molar refractivity (Wildman–Crippen MR) is 78.5 cm³/mol. The number of carbonyl (C=O) groups excluding carboxylic acids is 1. The van der Waals surface area contributed by atoms with Crippen LogP contribution in [0, 0.1) is 11.8 Å². The third kappa shape index (κ3) is 4.12. The van der Waals surface area contributed by atoms with E-state index in [0.717, 1.165) is 38.3 Å². The van der Waals surface area contributed by atoms with Crippen LogP contribution in [-0.4, -0.2) is 34.9 Å². The molecule has 0 atom stereocenters. The maximum atomic E-state index is 12.2. The van der Waals surface area contributed by atoms with Crippen molar-refractivity contribution in [3.05, 3.63) is 0 Å². The van der Waals surface area contributed by atoms with Crippen molar-refractivity contribution in [2.75, 3.05) is 13.1 Å². The standard InChI is InChI=1S/C15H27N3O2/c16-15(17-20)13-8-10-18(11-9-13)14(19)7-6-12-4-2-1-3-5-12/h12-13,20H,1-11H2,(H2,16,17). The zero-order valence-corrected chi connectivity index (χ0v) is 12.3. The van der Waals surface area contributed by atoms with Gasteiger partial charge in [-0.25, -0.2) is 0 Å². The van der Waals surface area contributed by atoms with Crippen LogP contribution in [0.3, 0.4) is 0 Å². The maximum Gasteiger partial charge on any atom is 0.222 e. The van der Waals surface area contributed by atoms with E-state index in [1.807, 2.05) is 4.90 Å². The number of nitrogens with zero attached hydrogens (tertiary/aromatic N) is 2. The first-order valence-electron chi connectivity index (χ1n) is 7.96. The summed E-state index contributed by atoms with van der Waals surface area (Å²) in [5.41, 5.74) is 5.62. The molecular weight excluding hydrogens is 254 g/mol. The Hall–Kier alpha value is -1.26. The van der Waals surface area contributed by atoms with Crippen LogP contribution in [0.15, 0.2) is 5.16 Å². The minimum atomic E-state index is 0.127. The summed E-state index contributed by atoms with van der Waals surface area (Å²) in [5.74, 6) is 1.48. The Labute approximate surface area is 121 Å². The minimum absolute atomic E-state index is 0.127. The van der Waals surface area contributed by atoms with Crippen LogP contribution >= 0.6 is 0 Å². The number of amides is 1. The second kappa shape index (κ2) is 7.50. The summed E-state index contributed by atoms with van der Waals surface area (Å²) < 4.78 is 0. The molecule has 114 valence electrons. The number of hydrogen-bond acceptors (Lipinski definition) is 3. The quantitative estimate of drug-likeness (QED) is 0.359. The van der Waals surface area contributed by atoms with E-state index in [0.29, 0.717) is 12.3 Å². The van der Waals surface area contributed by atoms with E-state index >= 15 is 0 Å². The van der Waals surface area contributed by atoms with Gasteiger partial charge in [0.05, 0.1) is 0 Å². The molecule has 0 aromatic rings. The third-order valence-corrected chi connectivity index (χ3v) is 4.87. The van der Waals surface area contributed by atoms with Crippen LogP contribution in [0.4, 0.5) is 0 Å². The lowest BCUT2D eigenvalue weighted by Crippen LogP contribution is -2.41. The molecule has 0 aromatic heterocycles. The number of rotatable bonds is 4. The first kappa shape index (κ1) is 15.1. The molecule has 1 heterocycles. The first-order valence-corrected chi connectivity index (χ1v) is 7.96. The summed E-state index contributed by atoms with van der Waals surface area (Å²) in [6.45, 7) is 1.48. The number of amidine groups is 1. The molecule has 0 unspecified atom stereocenters. The van der Waals surface area contributed by atoms with Gasteiger partial charge in [-0.1, -0.05) is 37.3 Å². The average molecular weight is 281 g/mol. The Morgan fingerprint density at radius 2 is 1.80 bits per heavy atom. The van der Waals surface area contributed by atoms with Crippen molar-refractivity contribution in [2.24, 2.45) is 22.7 Å². The Bertz CT molecular complexity index is 343. The molecule has 5 heteroatoms. The molecule has 5 nitrogen and oxygen atoms in total. The highest BCUT2D eigenvalue weighted by atomic mass is 16.4. The smallest absolute Gasteiger partial charge is 0.222 e. The van der Waals surface area contributed by atoms with Crippen LogP contribution < -0.4 is 5.73 Å². The van der Waals surface area contributed by atoms with Crippen LogP contribution in [-0.2, 0) is 4.79 Å². The van der Waals surface area contributed by atoms with E-state index in [1.165, 1.54) is 32.1 Å². The minimum Gasteiger partial charge on any atom is -0.409 e. The fraction of sp³-hybridized carbons (Fsp3) is 0.867. The molecular formula is C15H27N3O2. The van der Waals surface area contributed by atoms with Gasteiger partial charge in [0.2, 0.25) is 5.91 Å². The fourth-order valence-electron chi connectivity index (χ4n) is 3.47. The Kier molecular flexibility index (Phi) is 5.68. The predicted octanol–water partition coefficient (Wildman–Crippen LogP) is 2.33. The van der Waals surface area contributed by atoms with Crippen LogP contribution in [0.5, 0.6) is 0 Å². The summed E-state index contributed by atoms with van der Waals surface area (Å²) in [6, 6.07) is 0. The lowest BCUT2D eigenvalue weighted by molar-refractivity contribution is -0.132. The SMILES string of the molecule is NC(=NO)C1CCN(C(=O)CCC2CCCCC2)CC1. The number of hydrogen-bond donors (Lipinski definition) is 2. The molecule has 1 saturated carbocycles. The lowest BCUT2D eigenvalue weighted by Gasteiger charge is -2.32. The van der Waals surface area contributed by atoms with Gasteiger partial charge in [-0.05, 0) is 25.2 Å². The van der Waals surface area contributed by atoms with Crippen molar-refractivity contribution in [1.82, 2.24) is 4.90 Å². The van der Waals surface area contributed by atoms with Crippen molar-refractivity contribution in [3.63, 3.8) is 0 Å². The van der Waals surface area contributed by atoms with E-state index in [2.05, 4.69) is 5.16 Å². The van der Waals surface area contributed by atoms with Gasteiger partial charge in [0.1, 0.15) is 5.84 Å². The molecule has 20 heavy (non-hydrogen) atoms. The van der Waals surface area contributed by atoms with E-state index in [1.54, 1.807) is 0 Å². The molecule has 0 radical (unpaired) electrons. The maximum absolute atomic E-state index is 12.2. The van der Waals surface area contributed by atoms with E-state index in [9.17, 15) is 4.79 Å². The number of nitrogens with two attached hydrogens (primary N) is 1. The molecule has 1 saturated heterocycles. The van der Waals surface area contributed by atoms with Gasteiger partial charge in [-0.2, -0.15) is 0 Å². The normalized spacial score (nSPS) is 23.0. The van der Waals surface area contributed by atoms with Crippen LogP contribution in [0.1, 0.15) is 57.8 Å². The van der Waals surface area contributed by atoms with Crippen molar-refractivity contribution in [2.45, 2.75) is 57.8 Å². The van der Waals surface area contributed by atoms with Gasteiger partial charge in [0.25, 0.3) is 0 Å². The highest BCUT2D eigenvalue weighted by Crippen LogP contribution is 2.28. The van der Waals surface area contributed by atoms with Gasteiger partial charge in [-0.3, -0.25) is 4.79 Å². The van der Waals surface area contributed by atoms with Crippen LogP contribution in [0.25, 0.3) is 0 Å². The van der Waals surface area contributed by atoms with Crippen molar-refractivity contribution >= 4 is 11.7 Å². The van der Waals surface area contributed by atoms with E-state index in [-0.39, 0.29) is 11.8 Å². The second-order valence-electron chi connectivity index (χ2n) is 6.22. The molecule has 3 N–H and O–H groups in total. The van der Waals surface area contributed by atoms with Gasteiger partial charge < -0.3 is 15.8 Å². The van der Waals surface area contributed by atoms with Gasteiger partial charge in [0.15, 0.2) is 0 Å². The molecule has 0 bridgehead atoms. The fourth-order valence-corrected chi connectivity index (χ4v) is 3.47. The largest absolute Gasteiger partial charge is 0.409 e. The highest BCUT2D eigenvalue weighted by Gasteiger charge is 2.25. The molecule has 1 aliphatic heterocycles. The van der Waals surface area contributed by atoms with Gasteiger partial charge in [-0.15, -0.1) is 0 Å². The molecule has 0 spiro atoms. The van der Waals surface area contributed by atoms with Crippen molar-refractivity contribution in [1.29, 1.82) is 0 Å². The molecule has 2 fully saturated rings. The first-order chi connectivity index (χ1) is 9.70. The van der Waals surface area contributed by atoms with Gasteiger partial charge >= 0.3 is 0 Å². The number of piperidine rings is 1. The molecule has 1 amide bonds. The number of oxime groups is 1. The molecule has 2 rings (SSSR count). The van der Waals surface area contributed by atoms with E-state index < -0.39 is 0 Å². The summed E-state index contributed by atoms with van der Waals surface area (Å²) in [7, 11) is 0. The molecule has 0 aromatic carbocycles. The number of carbonyl (C=O) groups is 1. The summed E-state index contributed by atoms with van der Waals surface area (Å²) in [6.07, 6.45) is 10.0. The monoisotopic (exact) mass is 281 g/mol. The Morgan fingerprint density at radius 3 is 2.40 bits per heavy atom. The summed E-state index contributed by atoms with van der Waals surface area (Å²) >= 11 is 0. The zero-order valence-electron chi connectivity index (χ0n) is 12.3. The second-order valence-corrected chi connectivity index (χ2v) is 6.22. The average Bonchev–Trinajstić information content (AvgIpc) is 2.53.